The lowest BCUT2D eigenvalue weighted by Gasteiger charge is -2.26. The molecule has 94 valence electrons. The Balaban J connectivity index is 2.30. The van der Waals surface area contributed by atoms with Crippen LogP contribution in [0.2, 0.25) is 0 Å². The van der Waals surface area contributed by atoms with Gasteiger partial charge < -0.3 is 10.6 Å². The maximum atomic E-state index is 5.98. The van der Waals surface area contributed by atoms with Crippen LogP contribution in [0.4, 0.5) is 11.6 Å². The highest BCUT2D eigenvalue weighted by Crippen LogP contribution is 2.34. The van der Waals surface area contributed by atoms with E-state index in [4.69, 9.17) is 5.73 Å². The van der Waals surface area contributed by atoms with Crippen molar-refractivity contribution in [3.8, 4) is 0 Å². The zero-order chi connectivity index (χ0) is 12.4. The van der Waals surface area contributed by atoms with E-state index in [0.29, 0.717) is 11.7 Å². The predicted octanol–water partition coefficient (Wildman–Crippen LogP) is 2.42. The average Bonchev–Trinajstić information content (AvgIpc) is 3.08. The summed E-state index contributed by atoms with van der Waals surface area (Å²) in [4.78, 5) is 10.9. The van der Waals surface area contributed by atoms with Crippen LogP contribution in [-0.4, -0.2) is 23.1 Å². The summed E-state index contributed by atoms with van der Waals surface area (Å²) in [7, 11) is 0. The fourth-order valence-electron chi connectivity index (χ4n) is 2.18. The summed E-state index contributed by atoms with van der Waals surface area (Å²) < 4.78 is 0. The molecule has 1 heterocycles. The Morgan fingerprint density at radius 1 is 1.41 bits per heavy atom. The molecule has 0 bridgehead atoms. The standard InChI is InChI=1S/C13H22N4/c1-4-17(7-10-5-6-10)13-11(9(2)3)12(14)15-8-16-13/h8-10H,4-7H2,1-3H3,(H2,14,15,16). The second-order valence-corrected chi connectivity index (χ2v) is 5.13. The van der Waals surface area contributed by atoms with Crippen molar-refractivity contribution in [2.24, 2.45) is 5.92 Å². The first-order valence-corrected chi connectivity index (χ1v) is 6.48. The van der Waals surface area contributed by atoms with Crippen LogP contribution in [0.1, 0.15) is 45.1 Å². The van der Waals surface area contributed by atoms with Gasteiger partial charge in [-0.3, -0.25) is 0 Å². The van der Waals surface area contributed by atoms with Gasteiger partial charge in [0.15, 0.2) is 0 Å². The van der Waals surface area contributed by atoms with Gasteiger partial charge in [0.05, 0.1) is 0 Å². The molecular weight excluding hydrogens is 212 g/mol. The zero-order valence-corrected chi connectivity index (χ0v) is 11.0. The van der Waals surface area contributed by atoms with Gasteiger partial charge in [-0.25, -0.2) is 9.97 Å². The normalized spacial score (nSPS) is 15.3. The SMILES string of the molecule is CCN(CC1CC1)c1ncnc(N)c1C(C)C. The highest BCUT2D eigenvalue weighted by molar-refractivity contribution is 5.58. The molecule has 1 aromatic heterocycles. The Kier molecular flexibility index (Phi) is 3.50. The third kappa shape index (κ3) is 2.68. The van der Waals surface area contributed by atoms with Crippen LogP contribution in [0.15, 0.2) is 6.33 Å². The average molecular weight is 234 g/mol. The van der Waals surface area contributed by atoms with Gasteiger partial charge in [0.2, 0.25) is 0 Å². The molecule has 0 amide bonds. The van der Waals surface area contributed by atoms with E-state index < -0.39 is 0 Å². The van der Waals surface area contributed by atoms with Gasteiger partial charge in [0.25, 0.3) is 0 Å². The summed E-state index contributed by atoms with van der Waals surface area (Å²) in [5.41, 5.74) is 7.08. The minimum atomic E-state index is 0.361. The summed E-state index contributed by atoms with van der Waals surface area (Å²) in [5, 5.41) is 0. The molecule has 0 aromatic carbocycles. The van der Waals surface area contributed by atoms with Crippen molar-refractivity contribution in [2.45, 2.75) is 39.5 Å². The molecule has 1 saturated carbocycles. The largest absolute Gasteiger partial charge is 0.383 e. The van der Waals surface area contributed by atoms with Crippen LogP contribution >= 0.6 is 0 Å². The van der Waals surface area contributed by atoms with Crippen molar-refractivity contribution in [3.05, 3.63) is 11.9 Å². The topological polar surface area (TPSA) is 55.0 Å². The van der Waals surface area contributed by atoms with E-state index in [9.17, 15) is 0 Å². The lowest BCUT2D eigenvalue weighted by Crippen LogP contribution is -2.28. The number of nitrogens with two attached hydrogens (primary N) is 1. The maximum Gasteiger partial charge on any atom is 0.137 e. The van der Waals surface area contributed by atoms with E-state index in [-0.39, 0.29) is 0 Å². The predicted molar refractivity (Wildman–Crippen MR) is 71.1 cm³/mol. The number of hydrogen-bond acceptors (Lipinski definition) is 4. The summed E-state index contributed by atoms with van der Waals surface area (Å²) in [6.07, 6.45) is 4.29. The van der Waals surface area contributed by atoms with E-state index in [1.54, 1.807) is 6.33 Å². The first-order valence-electron chi connectivity index (χ1n) is 6.48. The molecule has 17 heavy (non-hydrogen) atoms. The molecule has 1 aliphatic carbocycles. The number of nitrogen functional groups attached to an aromatic ring is 1. The van der Waals surface area contributed by atoms with Gasteiger partial charge in [-0.1, -0.05) is 13.8 Å². The van der Waals surface area contributed by atoms with Gasteiger partial charge in [0, 0.05) is 18.7 Å². The fraction of sp³-hybridized carbons (Fsp3) is 0.692. The summed E-state index contributed by atoms with van der Waals surface area (Å²) in [6.45, 7) is 8.54. The number of aromatic nitrogens is 2. The third-order valence-corrected chi connectivity index (χ3v) is 3.33. The minimum absolute atomic E-state index is 0.361. The van der Waals surface area contributed by atoms with Crippen LogP contribution in [0.3, 0.4) is 0 Å². The molecule has 0 unspecified atom stereocenters. The highest BCUT2D eigenvalue weighted by atomic mass is 15.2. The zero-order valence-electron chi connectivity index (χ0n) is 11.0. The molecule has 0 saturated heterocycles. The molecule has 1 aliphatic rings. The molecule has 0 radical (unpaired) electrons. The highest BCUT2D eigenvalue weighted by Gasteiger charge is 2.26. The molecule has 1 fully saturated rings. The summed E-state index contributed by atoms with van der Waals surface area (Å²) >= 11 is 0. The minimum Gasteiger partial charge on any atom is -0.383 e. The Hall–Kier alpha value is -1.32. The molecule has 4 nitrogen and oxygen atoms in total. The monoisotopic (exact) mass is 234 g/mol. The lowest BCUT2D eigenvalue weighted by atomic mass is 10.0. The maximum absolute atomic E-state index is 5.98. The van der Waals surface area contributed by atoms with Crippen LogP contribution in [0.25, 0.3) is 0 Å². The van der Waals surface area contributed by atoms with Crippen LogP contribution in [0, 0.1) is 5.92 Å². The van der Waals surface area contributed by atoms with E-state index in [0.717, 1.165) is 30.4 Å². The van der Waals surface area contributed by atoms with Crippen LogP contribution < -0.4 is 10.6 Å². The van der Waals surface area contributed by atoms with Gasteiger partial charge in [-0.2, -0.15) is 0 Å². The van der Waals surface area contributed by atoms with E-state index >= 15 is 0 Å². The molecule has 2 rings (SSSR count). The van der Waals surface area contributed by atoms with Crippen LogP contribution in [0.5, 0.6) is 0 Å². The van der Waals surface area contributed by atoms with Crippen molar-refractivity contribution >= 4 is 11.6 Å². The van der Waals surface area contributed by atoms with E-state index in [2.05, 4.69) is 35.6 Å². The molecule has 0 spiro atoms. The number of anilines is 2. The first-order chi connectivity index (χ1) is 8.13. The van der Waals surface area contributed by atoms with Crippen molar-refractivity contribution in [3.63, 3.8) is 0 Å². The van der Waals surface area contributed by atoms with E-state index in [1.807, 2.05) is 0 Å². The van der Waals surface area contributed by atoms with Crippen molar-refractivity contribution < 1.29 is 0 Å². The molecular formula is C13H22N4. The first kappa shape index (κ1) is 12.1. The Morgan fingerprint density at radius 2 is 2.12 bits per heavy atom. The third-order valence-electron chi connectivity index (χ3n) is 3.33. The van der Waals surface area contributed by atoms with E-state index in [1.165, 1.54) is 12.8 Å². The molecule has 0 aliphatic heterocycles. The van der Waals surface area contributed by atoms with Crippen molar-refractivity contribution in [1.82, 2.24) is 9.97 Å². The van der Waals surface area contributed by atoms with Gasteiger partial charge in [-0.15, -0.1) is 0 Å². The second kappa shape index (κ2) is 4.90. The number of nitrogens with zero attached hydrogens (tertiary/aromatic N) is 3. The Labute approximate surface area is 103 Å². The number of rotatable bonds is 5. The molecule has 1 aromatic rings. The molecule has 0 atom stereocenters. The van der Waals surface area contributed by atoms with Gasteiger partial charge in [0.1, 0.15) is 18.0 Å². The smallest absolute Gasteiger partial charge is 0.137 e. The lowest BCUT2D eigenvalue weighted by molar-refractivity contribution is 0.716. The quantitative estimate of drug-likeness (QED) is 0.850. The Morgan fingerprint density at radius 3 is 2.65 bits per heavy atom. The van der Waals surface area contributed by atoms with Crippen molar-refractivity contribution in [2.75, 3.05) is 23.7 Å². The second-order valence-electron chi connectivity index (χ2n) is 5.13. The fourth-order valence-corrected chi connectivity index (χ4v) is 2.18. The summed E-state index contributed by atoms with van der Waals surface area (Å²) in [6, 6.07) is 0. The summed E-state index contributed by atoms with van der Waals surface area (Å²) in [5.74, 6) is 2.87. The van der Waals surface area contributed by atoms with Crippen LogP contribution in [-0.2, 0) is 0 Å². The van der Waals surface area contributed by atoms with Crippen molar-refractivity contribution in [1.29, 1.82) is 0 Å². The molecule has 2 N–H and O–H groups in total. The number of hydrogen-bond donors (Lipinski definition) is 1. The Bertz CT molecular complexity index is 385. The molecule has 4 heteroatoms. The van der Waals surface area contributed by atoms with Gasteiger partial charge >= 0.3 is 0 Å². The van der Waals surface area contributed by atoms with Gasteiger partial charge in [-0.05, 0) is 31.6 Å².